The fourth-order valence-electron chi connectivity index (χ4n) is 0.800. The van der Waals surface area contributed by atoms with Crippen LogP contribution in [-0.4, -0.2) is 25.0 Å². The predicted octanol–water partition coefficient (Wildman–Crippen LogP) is 0.857. The second kappa shape index (κ2) is 3.71. The molecule has 0 aliphatic heterocycles. The summed E-state index contributed by atoms with van der Waals surface area (Å²) in [5.41, 5.74) is 0.279. The monoisotopic (exact) mass is 166 g/mol. The van der Waals surface area contributed by atoms with Gasteiger partial charge in [-0.15, -0.1) is 0 Å². The van der Waals surface area contributed by atoms with E-state index in [1.807, 2.05) is 0 Å². The van der Waals surface area contributed by atoms with Crippen molar-refractivity contribution in [1.29, 1.82) is 5.41 Å². The van der Waals surface area contributed by atoms with Crippen LogP contribution in [-0.2, 0) is 4.74 Å². The third-order valence-electron chi connectivity index (χ3n) is 1.42. The molecule has 1 rings (SSSR count). The fourth-order valence-corrected chi connectivity index (χ4v) is 0.800. The molecule has 0 saturated carbocycles. The summed E-state index contributed by atoms with van der Waals surface area (Å²) in [5, 5.41) is 9.69. The first-order valence-electron chi connectivity index (χ1n) is 3.55. The van der Waals surface area contributed by atoms with E-state index in [4.69, 9.17) is 10.1 Å². The minimum Gasteiger partial charge on any atom is -0.435 e. The van der Waals surface area contributed by atoms with Gasteiger partial charge in [0.1, 0.15) is 0 Å². The Labute approximate surface area is 70.4 Å². The Bertz CT molecular complexity index is 256. The van der Waals surface area contributed by atoms with Crippen molar-refractivity contribution in [2.75, 3.05) is 7.05 Å². The molecular formula is C8H10N2O2. The lowest BCUT2D eigenvalue weighted by Crippen LogP contribution is -2.29. The standard InChI is InChI=1S/C8H10N2O2/c1-10-8(11)12-7-5-3-2-4-6(7)9/h2-5,7,9H,1H3,(H,10,11). The number of hydrogen-bond donors (Lipinski definition) is 2. The van der Waals surface area contributed by atoms with E-state index < -0.39 is 12.2 Å². The normalized spacial score (nSPS) is 20.8. The zero-order valence-corrected chi connectivity index (χ0v) is 6.70. The summed E-state index contributed by atoms with van der Waals surface area (Å²) in [6.07, 6.45) is 5.64. The summed E-state index contributed by atoms with van der Waals surface area (Å²) in [7, 11) is 1.48. The number of hydrogen-bond acceptors (Lipinski definition) is 3. The highest BCUT2D eigenvalue weighted by Crippen LogP contribution is 2.04. The molecule has 0 aromatic rings. The first-order valence-corrected chi connectivity index (χ1v) is 3.55. The number of allylic oxidation sites excluding steroid dienone is 2. The maximum Gasteiger partial charge on any atom is 0.407 e. The van der Waals surface area contributed by atoms with Crippen LogP contribution in [0.2, 0.25) is 0 Å². The Kier molecular flexibility index (Phi) is 2.63. The zero-order valence-electron chi connectivity index (χ0n) is 6.70. The van der Waals surface area contributed by atoms with Crippen molar-refractivity contribution in [3.05, 3.63) is 24.3 Å². The first kappa shape index (κ1) is 8.52. The van der Waals surface area contributed by atoms with E-state index in [0.29, 0.717) is 0 Å². The van der Waals surface area contributed by atoms with Gasteiger partial charge in [-0.05, 0) is 12.2 Å². The molecule has 64 valence electrons. The molecule has 2 N–H and O–H groups in total. The summed E-state index contributed by atoms with van der Waals surface area (Å²) in [6.45, 7) is 0. The molecule has 0 aromatic heterocycles. The lowest BCUT2D eigenvalue weighted by atomic mass is 10.1. The van der Waals surface area contributed by atoms with Gasteiger partial charge in [0.25, 0.3) is 0 Å². The van der Waals surface area contributed by atoms with E-state index in [0.717, 1.165) is 0 Å². The summed E-state index contributed by atoms with van der Waals surface area (Å²) in [5.74, 6) is 0. The number of carbonyl (C=O) groups is 1. The zero-order chi connectivity index (χ0) is 8.97. The van der Waals surface area contributed by atoms with Gasteiger partial charge in [-0.3, -0.25) is 0 Å². The summed E-state index contributed by atoms with van der Waals surface area (Å²) < 4.78 is 4.84. The second-order valence-corrected chi connectivity index (χ2v) is 2.28. The van der Waals surface area contributed by atoms with Crippen LogP contribution in [0.25, 0.3) is 0 Å². The Hall–Kier alpha value is -1.58. The molecule has 1 aliphatic rings. The van der Waals surface area contributed by atoms with E-state index in [1.165, 1.54) is 7.05 Å². The minimum absolute atomic E-state index is 0.279. The molecule has 0 bridgehead atoms. The fraction of sp³-hybridized carbons (Fsp3) is 0.250. The van der Waals surface area contributed by atoms with E-state index in [-0.39, 0.29) is 5.71 Å². The van der Waals surface area contributed by atoms with Crippen molar-refractivity contribution in [2.24, 2.45) is 0 Å². The van der Waals surface area contributed by atoms with Crippen LogP contribution >= 0.6 is 0 Å². The maximum absolute atomic E-state index is 10.7. The van der Waals surface area contributed by atoms with Crippen molar-refractivity contribution in [2.45, 2.75) is 6.10 Å². The van der Waals surface area contributed by atoms with Gasteiger partial charge in [-0.25, -0.2) is 4.79 Å². The van der Waals surface area contributed by atoms with Gasteiger partial charge in [0, 0.05) is 7.05 Å². The molecule has 0 fully saturated rings. The number of nitrogens with one attached hydrogen (secondary N) is 2. The van der Waals surface area contributed by atoms with E-state index in [2.05, 4.69) is 5.32 Å². The molecule has 1 unspecified atom stereocenters. The van der Waals surface area contributed by atoms with Crippen LogP contribution in [0.1, 0.15) is 0 Å². The van der Waals surface area contributed by atoms with Gasteiger partial charge in [0.2, 0.25) is 0 Å². The van der Waals surface area contributed by atoms with Crippen LogP contribution in [0.15, 0.2) is 24.3 Å². The Morgan fingerprint density at radius 2 is 2.42 bits per heavy atom. The summed E-state index contributed by atoms with van der Waals surface area (Å²) in [4.78, 5) is 10.7. The number of rotatable bonds is 1. The number of amides is 1. The average Bonchev–Trinajstić information content (AvgIpc) is 2.09. The van der Waals surface area contributed by atoms with Crippen molar-refractivity contribution in [1.82, 2.24) is 5.32 Å². The number of ether oxygens (including phenoxy) is 1. The average molecular weight is 166 g/mol. The number of carbonyl (C=O) groups excluding carboxylic acids is 1. The third kappa shape index (κ3) is 1.95. The van der Waals surface area contributed by atoms with Crippen LogP contribution in [0.3, 0.4) is 0 Å². The Morgan fingerprint density at radius 1 is 1.67 bits per heavy atom. The van der Waals surface area contributed by atoms with Gasteiger partial charge in [-0.1, -0.05) is 12.2 Å². The van der Waals surface area contributed by atoms with Crippen LogP contribution < -0.4 is 5.32 Å². The highest BCUT2D eigenvalue weighted by Gasteiger charge is 2.14. The van der Waals surface area contributed by atoms with Gasteiger partial charge in [-0.2, -0.15) is 0 Å². The van der Waals surface area contributed by atoms with E-state index in [9.17, 15) is 4.79 Å². The topological polar surface area (TPSA) is 62.2 Å². The minimum atomic E-state index is -0.546. The SMILES string of the molecule is CNC(=O)OC1C=CC=CC1=N. The molecule has 1 amide bonds. The van der Waals surface area contributed by atoms with Gasteiger partial charge in [0.05, 0.1) is 5.71 Å². The quantitative estimate of drug-likeness (QED) is 0.606. The predicted molar refractivity (Wildman–Crippen MR) is 45.3 cm³/mol. The molecule has 0 saturated heterocycles. The van der Waals surface area contributed by atoms with Gasteiger partial charge in [0.15, 0.2) is 6.10 Å². The molecule has 4 nitrogen and oxygen atoms in total. The Balaban J connectivity index is 2.53. The van der Waals surface area contributed by atoms with Crippen molar-refractivity contribution in [3.8, 4) is 0 Å². The van der Waals surface area contributed by atoms with Crippen LogP contribution in [0.5, 0.6) is 0 Å². The molecule has 1 aliphatic carbocycles. The highest BCUT2D eigenvalue weighted by molar-refractivity contribution is 5.99. The van der Waals surface area contributed by atoms with E-state index >= 15 is 0 Å². The first-order chi connectivity index (χ1) is 5.74. The highest BCUT2D eigenvalue weighted by atomic mass is 16.6. The van der Waals surface area contributed by atoms with Crippen molar-refractivity contribution >= 4 is 11.8 Å². The molecule has 0 aromatic carbocycles. The largest absolute Gasteiger partial charge is 0.435 e. The summed E-state index contributed by atoms with van der Waals surface area (Å²) >= 11 is 0. The van der Waals surface area contributed by atoms with Gasteiger partial charge < -0.3 is 15.5 Å². The van der Waals surface area contributed by atoms with Gasteiger partial charge >= 0.3 is 6.09 Å². The molecule has 0 spiro atoms. The smallest absolute Gasteiger partial charge is 0.407 e. The van der Waals surface area contributed by atoms with Crippen molar-refractivity contribution in [3.63, 3.8) is 0 Å². The molecule has 0 heterocycles. The Morgan fingerprint density at radius 3 is 3.00 bits per heavy atom. The molecule has 12 heavy (non-hydrogen) atoms. The molecule has 4 heteroatoms. The lowest BCUT2D eigenvalue weighted by Gasteiger charge is -2.14. The second-order valence-electron chi connectivity index (χ2n) is 2.28. The maximum atomic E-state index is 10.7. The summed E-state index contributed by atoms with van der Waals surface area (Å²) in [6, 6.07) is 0. The van der Waals surface area contributed by atoms with Crippen LogP contribution in [0, 0.1) is 5.41 Å². The molecule has 0 radical (unpaired) electrons. The van der Waals surface area contributed by atoms with Crippen molar-refractivity contribution < 1.29 is 9.53 Å². The van der Waals surface area contributed by atoms with Crippen LogP contribution in [0.4, 0.5) is 4.79 Å². The van der Waals surface area contributed by atoms with E-state index in [1.54, 1.807) is 24.3 Å². The number of alkyl carbamates (subject to hydrolysis) is 1. The molecule has 1 atom stereocenters. The lowest BCUT2D eigenvalue weighted by molar-refractivity contribution is 0.145. The third-order valence-corrected chi connectivity index (χ3v) is 1.42. The molecular weight excluding hydrogens is 156 g/mol.